The van der Waals surface area contributed by atoms with E-state index >= 15 is 0 Å². The molecule has 0 radical (unpaired) electrons. The minimum atomic E-state index is -0.359. The predicted octanol–water partition coefficient (Wildman–Crippen LogP) is 2.90. The largest absolute Gasteiger partial charge is 0.281 e. The smallest absolute Gasteiger partial charge is 0.225 e. The Morgan fingerprint density at radius 3 is 2.33 bits per heavy atom. The molecule has 0 aliphatic heterocycles. The van der Waals surface area contributed by atoms with Gasteiger partial charge in [0.2, 0.25) is 5.24 Å². The normalized spacial score (nSPS) is 33.2. The van der Waals surface area contributed by atoms with Crippen molar-refractivity contribution < 1.29 is 9.18 Å². The first kappa shape index (κ1) is 9.72. The molecule has 1 fully saturated rings. The second kappa shape index (κ2) is 2.84. The van der Waals surface area contributed by atoms with Crippen molar-refractivity contribution in [3.8, 4) is 0 Å². The van der Waals surface area contributed by atoms with Crippen molar-refractivity contribution in [2.45, 2.75) is 20.8 Å². The Hall–Kier alpha value is -0.370. The second-order valence-electron chi connectivity index (χ2n) is 3.88. The number of carbonyl (C=O) groups excluding carboxylic acids is 1. The summed E-state index contributed by atoms with van der Waals surface area (Å²) in [6.45, 7) is 5.22. The lowest BCUT2D eigenvalue weighted by atomic mass is 10.1. The lowest BCUT2D eigenvalue weighted by Crippen LogP contribution is -1.96. The Balaban J connectivity index is 2.73. The maximum Gasteiger partial charge on any atom is 0.225 e. The molecule has 0 bridgehead atoms. The summed E-state index contributed by atoms with van der Waals surface area (Å²) in [6.07, 6.45) is 1.48. The number of rotatable bonds is 2. The van der Waals surface area contributed by atoms with Crippen molar-refractivity contribution in [1.29, 1.82) is 0 Å². The van der Waals surface area contributed by atoms with Gasteiger partial charge in [-0.1, -0.05) is 13.8 Å². The Kier molecular flexibility index (Phi) is 2.30. The summed E-state index contributed by atoms with van der Waals surface area (Å²) in [5.74, 6) is -0.467. The molecule has 0 aromatic heterocycles. The van der Waals surface area contributed by atoms with Gasteiger partial charge in [-0.05, 0) is 35.9 Å². The van der Waals surface area contributed by atoms with E-state index in [1.807, 2.05) is 13.8 Å². The molecule has 0 spiro atoms. The molecule has 1 saturated carbocycles. The lowest BCUT2D eigenvalue weighted by Gasteiger charge is -1.96. The van der Waals surface area contributed by atoms with Gasteiger partial charge in [0.05, 0.1) is 5.83 Å². The second-order valence-corrected chi connectivity index (χ2v) is 4.25. The van der Waals surface area contributed by atoms with Crippen LogP contribution in [0, 0.1) is 17.3 Å². The van der Waals surface area contributed by atoms with Crippen molar-refractivity contribution >= 4 is 16.8 Å². The Bertz CT molecular complexity index is 241. The van der Waals surface area contributed by atoms with Crippen LogP contribution in [-0.2, 0) is 4.79 Å². The van der Waals surface area contributed by atoms with Crippen LogP contribution in [0.4, 0.5) is 4.39 Å². The molecule has 1 nitrogen and oxygen atoms in total. The average Bonchev–Trinajstić information content (AvgIpc) is 2.32. The van der Waals surface area contributed by atoms with Crippen LogP contribution in [0.1, 0.15) is 20.8 Å². The van der Waals surface area contributed by atoms with E-state index in [9.17, 15) is 9.18 Å². The maximum absolute atomic E-state index is 12.5. The van der Waals surface area contributed by atoms with Crippen LogP contribution >= 0.6 is 11.6 Å². The number of hydrogen-bond donors (Lipinski definition) is 0. The average molecular weight is 191 g/mol. The highest BCUT2D eigenvalue weighted by molar-refractivity contribution is 6.64. The van der Waals surface area contributed by atoms with Crippen LogP contribution in [0.3, 0.4) is 0 Å². The van der Waals surface area contributed by atoms with E-state index in [0.29, 0.717) is 0 Å². The van der Waals surface area contributed by atoms with Gasteiger partial charge in [-0.25, -0.2) is 4.39 Å². The summed E-state index contributed by atoms with van der Waals surface area (Å²) in [5.41, 5.74) is -0.161. The predicted molar refractivity (Wildman–Crippen MR) is 46.5 cm³/mol. The molecule has 1 aliphatic carbocycles. The summed E-state index contributed by atoms with van der Waals surface area (Å²) in [5, 5.41) is -0.359. The van der Waals surface area contributed by atoms with E-state index < -0.39 is 0 Å². The van der Waals surface area contributed by atoms with Crippen LogP contribution in [0.2, 0.25) is 0 Å². The van der Waals surface area contributed by atoms with Gasteiger partial charge >= 0.3 is 0 Å². The highest BCUT2D eigenvalue weighted by Gasteiger charge is 2.60. The first-order chi connectivity index (χ1) is 5.37. The monoisotopic (exact) mass is 190 g/mol. The quantitative estimate of drug-likeness (QED) is 0.612. The molecule has 3 heteroatoms. The summed E-state index contributed by atoms with van der Waals surface area (Å²) in [7, 11) is 0. The fourth-order valence-electron chi connectivity index (χ4n) is 1.67. The zero-order valence-electron chi connectivity index (χ0n) is 7.40. The maximum atomic E-state index is 12.5. The van der Waals surface area contributed by atoms with Gasteiger partial charge in [-0.2, -0.15) is 0 Å². The van der Waals surface area contributed by atoms with E-state index in [1.54, 1.807) is 0 Å². The van der Waals surface area contributed by atoms with Gasteiger partial charge < -0.3 is 0 Å². The van der Waals surface area contributed by atoms with Crippen LogP contribution in [-0.4, -0.2) is 5.24 Å². The molecule has 68 valence electrons. The fraction of sp³-hybridized carbons (Fsp3) is 0.667. The highest BCUT2D eigenvalue weighted by atomic mass is 35.5. The van der Waals surface area contributed by atoms with Crippen molar-refractivity contribution in [3.05, 3.63) is 11.9 Å². The van der Waals surface area contributed by atoms with Gasteiger partial charge in [-0.3, -0.25) is 4.79 Å². The molecule has 0 unspecified atom stereocenters. The molecule has 1 aliphatic rings. The van der Waals surface area contributed by atoms with Crippen molar-refractivity contribution in [1.82, 2.24) is 0 Å². The van der Waals surface area contributed by atoms with E-state index in [1.165, 1.54) is 13.0 Å². The molecule has 1 rings (SSSR count). The molecule has 0 heterocycles. The number of halogens is 2. The van der Waals surface area contributed by atoms with Crippen molar-refractivity contribution in [3.63, 3.8) is 0 Å². The SMILES string of the molecule is CC(F)=C[C@@H]1[C@@H](C(=O)Cl)C1(C)C. The minimum Gasteiger partial charge on any atom is -0.281 e. The Morgan fingerprint density at radius 2 is 2.08 bits per heavy atom. The van der Waals surface area contributed by atoms with E-state index in [0.717, 1.165) is 0 Å². The minimum absolute atomic E-state index is 0.0208. The highest BCUT2D eigenvalue weighted by Crippen LogP contribution is 2.60. The molecule has 0 amide bonds. The number of allylic oxidation sites excluding steroid dienone is 2. The molecular weight excluding hydrogens is 179 g/mol. The standard InChI is InChI=1S/C9H12ClFO/c1-5(11)4-6-7(8(10)12)9(6,2)3/h4,6-7H,1-3H3/t6-,7+/m1/s1. The van der Waals surface area contributed by atoms with E-state index in [2.05, 4.69) is 0 Å². The first-order valence-electron chi connectivity index (χ1n) is 3.90. The number of hydrogen-bond acceptors (Lipinski definition) is 1. The molecule has 0 aromatic rings. The van der Waals surface area contributed by atoms with Crippen LogP contribution in [0.15, 0.2) is 11.9 Å². The zero-order valence-corrected chi connectivity index (χ0v) is 8.15. The number of carbonyl (C=O) groups is 1. The summed E-state index contributed by atoms with van der Waals surface area (Å²) < 4.78 is 12.5. The van der Waals surface area contributed by atoms with Crippen LogP contribution in [0.25, 0.3) is 0 Å². The third kappa shape index (κ3) is 1.53. The van der Waals surface area contributed by atoms with Crippen molar-refractivity contribution in [2.75, 3.05) is 0 Å². The van der Waals surface area contributed by atoms with Crippen LogP contribution in [0.5, 0.6) is 0 Å². The molecule has 0 saturated heterocycles. The van der Waals surface area contributed by atoms with Gasteiger partial charge in [0.25, 0.3) is 0 Å². The molecule has 12 heavy (non-hydrogen) atoms. The molecule has 2 atom stereocenters. The molecule has 0 N–H and O–H groups in total. The van der Waals surface area contributed by atoms with Gasteiger partial charge in [0, 0.05) is 5.92 Å². The third-order valence-corrected chi connectivity index (χ3v) is 2.80. The van der Waals surface area contributed by atoms with Gasteiger partial charge in [-0.15, -0.1) is 0 Å². The summed E-state index contributed by atoms with van der Waals surface area (Å²) >= 11 is 5.35. The topological polar surface area (TPSA) is 17.1 Å². The fourth-order valence-corrected chi connectivity index (χ4v) is 2.09. The molecular formula is C9H12ClFO. The van der Waals surface area contributed by atoms with Crippen molar-refractivity contribution in [2.24, 2.45) is 17.3 Å². The summed E-state index contributed by atoms with van der Waals surface area (Å²) in [6, 6.07) is 0. The van der Waals surface area contributed by atoms with Gasteiger partial charge in [0.1, 0.15) is 0 Å². The van der Waals surface area contributed by atoms with E-state index in [-0.39, 0.29) is 28.3 Å². The Morgan fingerprint density at radius 1 is 1.58 bits per heavy atom. The molecule has 0 aromatic carbocycles. The zero-order chi connectivity index (χ0) is 9.52. The third-order valence-electron chi connectivity index (χ3n) is 2.56. The lowest BCUT2D eigenvalue weighted by molar-refractivity contribution is -0.113. The van der Waals surface area contributed by atoms with Crippen LogP contribution < -0.4 is 0 Å². The van der Waals surface area contributed by atoms with E-state index in [4.69, 9.17) is 11.6 Å². The first-order valence-corrected chi connectivity index (χ1v) is 4.28. The summed E-state index contributed by atoms with van der Waals surface area (Å²) in [4.78, 5) is 10.8. The Labute approximate surface area is 76.6 Å². The van der Waals surface area contributed by atoms with Gasteiger partial charge in [0.15, 0.2) is 0 Å².